The Morgan fingerprint density at radius 1 is 1.17 bits per heavy atom. The van der Waals surface area contributed by atoms with Crippen LogP contribution in [0.2, 0.25) is 0 Å². The maximum absolute atomic E-state index is 11.9. The summed E-state index contributed by atoms with van der Waals surface area (Å²) in [6, 6.07) is 0. The summed E-state index contributed by atoms with van der Waals surface area (Å²) in [6.07, 6.45) is 1.88. The summed E-state index contributed by atoms with van der Waals surface area (Å²) in [4.78, 5) is 24.4. The molecule has 1 amide bonds. The zero-order valence-corrected chi connectivity index (χ0v) is 11.6. The van der Waals surface area contributed by atoms with Crippen molar-refractivity contribution in [2.45, 2.75) is 12.8 Å². The van der Waals surface area contributed by atoms with Crippen LogP contribution in [0.5, 0.6) is 0 Å². The molecule has 8 heteroatoms. The molecule has 1 aliphatic carbocycles. The maximum atomic E-state index is 11.9. The number of nitrogens with zero attached hydrogens (tertiary/aromatic N) is 2. The predicted molar refractivity (Wildman–Crippen MR) is 60.7 cm³/mol. The Bertz CT molecular complexity index is 435. The molecule has 0 N–H and O–H groups in total. The molecular weight excluding hydrogens is 284 g/mol. The molecule has 0 unspecified atom stereocenters. The Kier molecular flexibility index (Phi) is 5.61. The van der Waals surface area contributed by atoms with Crippen molar-refractivity contribution in [3.05, 3.63) is 0 Å². The molecule has 2 fully saturated rings. The third-order valence-electron chi connectivity index (χ3n) is 3.32. The first kappa shape index (κ1) is 16.4. The van der Waals surface area contributed by atoms with Crippen LogP contribution < -0.4 is 0 Å². The largest absolute Gasteiger partial charge is 0.340 e. The third-order valence-corrected chi connectivity index (χ3v) is 4.62. The average molecular weight is 300 g/mol. The fourth-order valence-electron chi connectivity index (χ4n) is 2.16. The van der Waals surface area contributed by atoms with Crippen molar-refractivity contribution in [2.75, 3.05) is 32.4 Å². The zero-order chi connectivity index (χ0) is 12.6. The van der Waals surface area contributed by atoms with E-state index in [4.69, 9.17) is 0 Å². The molecule has 1 saturated carbocycles. The van der Waals surface area contributed by atoms with E-state index in [-0.39, 0.29) is 55.3 Å². The van der Waals surface area contributed by atoms with Gasteiger partial charge in [0.15, 0.2) is 0 Å². The number of carbonyl (C=O) groups excluding carboxylic acids is 2. The number of hydrogen-bond acceptors (Lipinski definition) is 4. The van der Waals surface area contributed by atoms with Gasteiger partial charge in [-0.2, -0.15) is 4.31 Å². The molecule has 0 radical (unpaired) electrons. The summed E-state index contributed by atoms with van der Waals surface area (Å²) in [7, 11) is -3.15. The molecule has 0 aromatic rings. The molecule has 1 aliphatic heterocycles. The van der Waals surface area contributed by atoms with Crippen LogP contribution >= 0.6 is 0 Å². The third kappa shape index (κ3) is 3.66. The van der Waals surface area contributed by atoms with Gasteiger partial charge in [-0.15, -0.1) is 0 Å². The van der Waals surface area contributed by atoms with Crippen LogP contribution in [0.1, 0.15) is 12.8 Å². The molecule has 104 valence electrons. The Hall–Kier alpha value is 0.310. The van der Waals surface area contributed by atoms with Gasteiger partial charge in [-0.25, -0.2) is 8.42 Å². The fourth-order valence-corrected chi connectivity index (χ4v) is 2.99. The zero-order valence-electron chi connectivity index (χ0n) is 10.1. The van der Waals surface area contributed by atoms with Gasteiger partial charge in [0.05, 0.1) is 12.2 Å². The number of hydrogen-bond donors (Lipinski definition) is 0. The molecule has 0 bridgehead atoms. The van der Waals surface area contributed by atoms with E-state index in [0.29, 0.717) is 39.0 Å². The molecule has 2 aliphatic rings. The first-order chi connectivity index (χ1) is 7.88. The van der Waals surface area contributed by atoms with E-state index in [1.54, 1.807) is 4.90 Å². The molecule has 1 heterocycles. The fraction of sp³-hybridized carbons (Fsp3) is 0.800. The predicted octanol–water partition coefficient (Wildman–Crippen LogP) is -0.931. The van der Waals surface area contributed by atoms with E-state index in [1.165, 1.54) is 10.6 Å². The topological polar surface area (TPSA) is 74.8 Å². The van der Waals surface area contributed by atoms with Gasteiger partial charge in [-0.1, -0.05) is 0 Å². The van der Waals surface area contributed by atoms with Gasteiger partial charge in [-0.3, -0.25) is 9.59 Å². The summed E-state index contributed by atoms with van der Waals surface area (Å²) in [6.45, 7) is 1.56. The summed E-state index contributed by atoms with van der Waals surface area (Å²) in [5.74, 6) is -0.0249. The van der Waals surface area contributed by atoms with Crippen LogP contribution in [0.4, 0.5) is 0 Å². The van der Waals surface area contributed by atoms with Crippen molar-refractivity contribution in [1.29, 1.82) is 0 Å². The van der Waals surface area contributed by atoms with E-state index < -0.39 is 10.0 Å². The average Bonchev–Trinajstić information content (AvgIpc) is 2.23. The molecule has 0 atom stereocenters. The number of rotatable bonds is 2. The molecule has 2 rings (SSSR count). The number of piperazine rings is 1. The van der Waals surface area contributed by atoms with Gasteiger partial charge < -0.3 is 4.90 Å². The normalized spacial score (nSPS) is 22.3. The van der Waals surface area contributed by atoms with Gasteiger partial charge in [0.2, 0.25) is 15.9 Å². The number of ketones is 1. The van der Waals surface area contributed by atoms with Gasteiger partial charge in [0.25, 0.3) is 0 Å². The second-order valence-electron chi connectivity index (χ2n) is 4.63. The number of Topliss-reactive ketones (excluding diaryl/α,β-unsaturated/α-hetero) is 1. The van der Waals surface area contributed by atoms with Crippen LogP contribution in [-0.2, 0) is 19.6 Å². The summed E-state index contributed by atoms with van der Waals surface area (Å²) < 4.78 is 23.9. The second kappa shape index (κ2) is 6.17. The quantitative estimate of drug-likeness (QED) is 0.660. The van der Waals surface area contributed by atoms with E-state index in [0.717, 1.165) is 0 Å². The summed E-state index contributed by atoms with van der Waals surface area (Å²) in [5.41, 5.74) is 0. The molecule has 1 saturated heterocycles. The number of sulfonamides is 1. The van der Waals surface area contributed by atoms with E-state index >= 15 is 0 Å². The minimum atomic E-state index is -3.15. The molecule has 6 nitrogen and oxygen atoms in total. The van der Waals surface area contributed by atoms with Crippen LogP contribution in [0.3, 0.4) is 0 Å². The Balaban J connectivity index is 0.00000162. The van der Waals surface area contributed by atoms with Gasteiger partial charge in [0, 0.05) is 76.8 Å². The molecule has 0 aromatic carbocycles. The molecule has 18 heavy (non-hydrogen) atoms. The first-order valence-electron chi connectivity index (χ1n) is 5.63. The number of amides is 1. The van der Waals surface area contributed by atoms with Crippen molar-refractivity contribution < 1.29 is 55.7 Å². The van der Waals surface area contributed by atoms with Crippen LogP contribution in [0.15, 0.2) is 0 Å². The standard InChI is InChI=1S/C10H16N2O4S.Ar/c1-17(15,16)12-4-2-11(3-5-12)10(14)8-6-9(13)7-8;/h8H,2-7H2,1H3;. The van der Waals surface area contributed by atoms with Crippen molar-refractivity contribution in [3.8, 4) is 0 Å². The van der Waals surface area contributed by atoms with Crippen molar-refractivity contribution in [2.24, 2.45) is 5.92 Å². The SMILES string of the molecule is CS(=O)(=O)N1CCN(C(=O)C2CC(=O)C2)CC1.[Ar]. The Labute approximate surface area is 137 Å². The van der Waals surface area contributed by atoms with Crippen molar-refractivity contribution in [1.82, 2.24) is 9.21 Å². The van der Waals surface area contributed by atoms with E-state index in [2.05, 4.69) is 0 Å². The van der Waals surface area contributed by atoms with Gasteiger partial charge in [-0.05, 0) is 0 Å². The second-order valence-corrected chi connectivity index (χ2v) is 6.61. The minimum Gasteiger partial charge on any atom is -0.340 e. The number of carbonyl (C=O) groups is 2. The van der Waals surface area contributed by atoms with E-state index in [1.807, 2.05) is 0 Å². The van der Waals surface area contributed by atoms with E-state index in [9.17, 15) is 18.0 Å². The van der Waals surface area contributed by atoms with Crippen LogP contribution in [0.25, 0.3) is 0 Å². The molecular formula is C10H16ArN2O4S. The minimum absolute atomic E-state index is 0. The monoisotopic (exact) mass is 300 g/mol. The molecule has 0 aromatic heterocycles. The smallest absolute Gasteiger partial charge is 0.226 e. The summed E-state index contributed by atoms with van der Waals surface area (Å²) in [5, 5.41) is 0. The van der Waals surface area contributed by atoms with Gasteiger partial charge in [0.1, 0.15) is 5.78 Å². The Morgan fingerprint density at radius 2 is 1.67 bits per heavy atom. The van der Waals surface area contributed by atoms with Crippen molar-refractivity contribution >= 4 is 21.7 Å². The maximum Gasteiger partial charge on any atom is 0.226 e. The summed E-state index contributed by atoms with van der Waals surface area (Å²) >= 11 is 0. The van der Waals surface area contributed by atoms with Crippen LogP contribution in [-0.4, -0.2) is 61.7 Å². The Morgan fingerprint density at radius 3 is 2.06 bits per heavy atom. The molecule has 0 spiro atoms. The van der Waals surface area contributed by atoms with Crippen molar-refractivity contribution in [3.63, 3.8) is 0 Å². The van der Waals surface area contributed by atoms with Crippen LogP contribution in [0, 0.1) is 43.7 Å². The van der Waals surface area contributed by atoms with Gasteiger partial charge >= 0.3 is 0 Å². The first-order valence-corrected chi connectivity index (χ1v) is 7.48.